The van der Waals surface area contributed by atoms with Gasteiger partial charge in [0, 0.05) is 13.1 Å². The molecule has 1 aliphatic heterocycles. The molecule has 2 aliphatic rings. The lowest BCUT2D eigenvalue weighted by Crippen LogP contribution is -2.41. The Hall–Kier alpha value is -1.55. The van der Waals surface area contributed by atoms with Crippen LogP contribution in [0.1, 0.15) is 52.0 Å². The van der Waals surface area contributed by atoms with Crippen LogP contribution < -0.4 is 0 Å². The van der Waals surface area contributed by atoms with E-state index in [-0.39, 0.29) is 6.09 Å². The Kier molecular flexibility index (Phi) is 6.23. The predicted molar refractivity (Wildman–Crippen MR) is 103 cm³/mol. The molecule has 0 bridgehead atoms. The van der Waals surface area contributed by atoms with Gasteiger partial charge in [-0.05, 0) is 69.8 Å². The SMILES string of the molecule is CC(C)(C)OC(=O)N1CCC(CC2CC2COCc2ccccc2)CC1. The third-order valence-corrected chi connectivity index (χ3v) is 5.41. The van der Waals surface area contributed by atoms with Gasteiger partial charge in [0.2, 0.25) is 0 Å². The first-order valence-corrected chi connectivity index (χ1v) is 10.0. The van der Waals surface area contributed by atoms with Crippen LogP contribution in [-0.2, 0) is 16.1 Å². The number of rotatable bonds is 6. The quantitative estimate of drug-likeness (QED) is 0.727. The minimum Gasteiger partial charge on any atom is -0.444 e. The molecule has 1 aromatic rings. The predicted octanol–water partition coefficient (Wildman–Crippen LogP) is 4.88. The molecule has 144 valence electrons. The molecule has 4 heteroatoms. The number of ether oxygens (including phenoxy) is 2. The summed E-state index contributed by atoms with van der Waals surface area (Å²) in [6.07, 6.45) is 4.65. The van der Waals surface area contributed by atoms with Crippen molar-refractivity contribution in [3.05, 3.63) is 35.9 Å². The molecule has 2 unspecified atom stereocenters. The number of benzene rings is 1. The maximum Gasteiger partial charge on any atom is 0.410 e. The minimum absolute atomic E-state index is 0.158. The van der Waals surface area contributed by atoms with Crippen LogP contribution in [-0.4, -0.2) is 36.3 Å². The van der Waals surface area contributed by atoms with Gasteiger partial charge in [-0.3, -0.25) is 0 Å². The van der Waals surface area contributed by atoms with Gasteiger partial charge in [-0.1, -0.05) is 30.3 Å². The Labute approximate surface area is 157 Å². The van der Waals surface area contributed by atoms with Crippen molar-refractivity contribution in [2.24, 2.45) is 17.8 Å². The van der Waals surface area contributed by atoms with Crippen LogP contribution >= 0.6 is 0 Å². The number of carbonyl (C=O) groups is 1. The molecule has 2 atom stereocenters. The lowest BCUT2D eigenvalue weighted by Gasteiger charge is -2.33. The Bertz CT molecular complexity index is 573. The van der Waals surface area contributed by atoms with E-state index in [9.17, 15) is 4.79 Å². The lowest BCUT2D eigenvalue weighted by molar-refractivity contribution is 0.0178. The molecule has 0 spiro atoms. The molecule has 2 fully saturated rings. The summed E-state index contributed by atoms with van der Waals surface area (Å²) in [6.45, 7) is 9.04. The number of carbonyl (C=O) groups excluding carboxylic acids is 1. The van der Waals surface area contributed by atoms with Crippen LogP contribution in [0.25, 0.3) is 0 Å². The fraction of sp³-hybridized carbons (Fsp3) is 0.682. The van der Waals surface area contributed by atoms with E-state index in [0.717, 1.165) is 56.9 Å². The van der Waals surface area contributed by atoms with E-state index in [2.05, 4.69) is 24.3 Å². The highest BCUT2D eigenvalue weighted by Crippen LogP contribution is 2.45. The summed E-state index contributed by atoms with van der Waals surface area (Å²) in [5.41, 5.74) is 0.841. The monoisotopic (exact) mass is 359 g/mol. The Morgan fingerprint density at radius 3 is 2.46 bits per heavy atom. The van der Waals surface area contributed by atoms with Crippen LogP contribution in [0.15, 0.2) is 30.3 Å². The molecular weight excluding hydrogens is 326 g/mol. The summed E-state index contributed by atoms with van der Waals surface area (Å²) >= 11 is 0. The molecule has 1 amide bonds. The van der Waals surface area contributed by atoms with Crippen molar-refractivity contribution < 1.29 is 14.3 Å². The maximum absolute atomic E-state index is 12.1. The van der Waals surface area contributed by atoms with Crippen molar-refractivity contribution in [3.8, 4) is 0 Å². The third-order valence-electron chi connectivity index (χ3n) is 5.41. The van der Waals surface area contributed by atoms with Crippen LogP contribution in [0, 0.1) is 17.8 Å². The summed E-state index contributed by atoms with van der Waals surface area (Å²) in [6, 6.07) is 10.4. The van der Waals surface area contributed by atoms with E-state index in [0.29, 0.717) is 0 Å². The normalized spacial score (nSPS) is 23.7. The van der Waals surface area contributed by atoms with Crippen LogP contribution in [0.2, 0.25) is 0 Å². The number of hydrogen-bond acceptors (Lipinski definition) is 3. The van der Waals surface area contributed by atoms with Crippen molar-refractivity contribution in [3.63, 3.8) is 0 Å². The standard InChI is InChI=1S/C22H33NO3/c1-22(2,3)26-21(24)23-11-9-17(10-12-23)13-19-14-20(19)16-25-15-18-7-5-4-6-8-18/h4-8,17,19-20H,9-16H2,1-3H3. The van der Waals surface area contributed by atoms with E-state index in [1.165, 1.54) is 18.4 Å². The molecule has 1 saturated carbocycles. The number of amides is 1. The molecule has 0 aromatic heterocycles. The zero-order chi connectivity index (χ0) is 18.6. The molecule has 1 heterocycles. The van der Waals surface area contributed by atoms with Gasteiger partial charge in [-0.2, -0.15) is 0 Å². The van der Waals surface area contributed by atoms with E-state index in [1.807, 2.05) is 31.7 Å². The summed E-state index contributed by atoms with van der Waals surface area (Å²) in [7, 11) is 0. The van der Waals surface area contributed by atoms with E-state index in [1.54, 1.807) is 0 Å². The van der Waals surface area contributed by atoms with Gasteiger partial charge >= 0.3 is 6.09 Å². The second kappa shape index (κ2) is 8.43. The molecule has 0 N–H and O–H groups in total. The van der Waals surface area contributed by atoms with Gasteiger partial charge in [0.15, 0.2) is 0 Å². The lowest BCUT2D eigenvalue weighted by atomic mass is 9.91. The van der Waals surface area contributed by atoms with Crippen molar-refractivity contribution in [1.82, 2.24) is 4.90 Å². The molecule has 1 saturated heterocycles. The van der Waals surface area contributed by atoms with Gasteiger partial charge in [0.25, 0.3) is 0 Å². The van der Waals surface area contributed by atoms with E-state index >= 15 is 0 Å². The Balaban J connectivity index is 1.29. The number of piperidine rings is 1. The topological polar surface area (TPSA) is 38.8 Å². The van der Waals surface area contributed by atoms with Crippen molar-refractivity contribution >= 4 is 6.09 Å². The molecular formula is C22H33NO3. The molecule has 0 radical (unpaired) electrons. The van der Waals surface area contributed by atoms with Gasteiger partial charge in [0.05, 0.1) is 13.2 Å². The molecule has 3 rings (SSSR count). The third kappa shape index (κ3) is 6.01. The Morgan fingerprint density at radius 1 is 1.12 bits per heavy atom. The van der Waals surface area contributed by atoms with E-state index < -0.39 is 5.60 Å². The molecule has 4 nitrogen and oxygen atoms in total. The summed E-state index contributed by atoms with van der Waals surface area (Å²) < 4.78 is 11.4. The van der Waals surface area contributed by atoms with Crippen LogP contribution in [0.3, 0.4) is 0 Å². The largest absolute Gasteiger partial charge is 0.444 e. The highest BCUT2D eigenvalue weighted by Gasteiger charge is 2.39. The van der Waals surface area contributed by atoms with Crippen molar-refractivity contribution in [2.75, 3.05) is 19.7 Å². The first kappa shape index (κ1) is 19.2. The van der Waals surface area contributed by atoms with E-state index in [4.69, 9.17) is 9.47 Å². The molecule has 1 aromatic carbocycles. The second-order valence-electron chi connectivity index (χ2n) is 8.90. The first-order valence-electron chi connectivity index (χ1n) is 10.0. The zero-order valence-electron chi connectivity index (χ0n) is 16.4. The number of hydrogen-bond donors (Lipinski definition) is 0. The minimum atomic E-state index is -0.408. The summed E-state index contributed by atoms with van der Waals surface area (Å²) in [5.74, 6) is 2.31. The summed E-state index contributed by atoms with van der Waals surface area (Å²) in [4.78, 5) is 14.0. The smallest absolute Gasteiger partial charge is 0.410 e. The fourth-order valence-corrected chi connectivity index (χ4v) is 3.81. The highest BCUT2D eigenvalue weighted by molar-refractivity contribution is 5.68. The van der Waals surface area contributed by atoms with Crippen LogP contribution in [0.4, 0.5) is 4.79 Å². The second-order valence-corrected chi connectivity index (χ2v) is 8.90. The molecule has 26 heavy (non-hydrogen) atoms. The maximum atomic E-state index is 12.1. The zero-order valence-corrected chi connectivity index (χ0v) is 16.4. The highest BCUT2D eigenvalue weighted by atomic mass is 16.6. The molecule has 1 aliphatic carbocycles. The van der Waals surface area contributed by atoms with Gasteiger partial charge in [-0.15, -0.1) is 0 Å². The van der Waals surface area contributed by atoms with Gasteiger partial charge in [0.1, 0.15) is 5.60 Å². The Morgan fingerprint density at radius 2 is 1.81 bits per heavy atom. The first-order chi connectivity index (χ1) is 12.4. The average Bonchev–Trinajstić information content (AvgIpc) is 3.33. The fourth-order valence-electron chi connectivity index (χ4n) is 3.81. The van der Waals surface area contributed by atoms with Crippen LogP contribution in [0.5, 0.6) is 0 Å². The number of nitrogens with zero attached hydrogens (tertiary/aromatic N) is 1. The van der Waals surface area contributed by atoms with Gasteiger partial charge < -0.3 is 14.4 Å². The van der Waals surface area contributed by atoms with Crippen molar-refractivity contribution in [1.29, 1.82) is 0 Å². The summed E-state index contributed by atoms with van der Waals surface area (Å²) in [5, 5.41) is 0. The van der Waals surface area contributed by atoms with Gasteiger partial charge in [-0.25, -0.2) is 4.79 Å². The van der Waals surface area contributed by atoms with Crippen molar-refractivity contribution in [2.45, 2.75) is 58.7 Å². The number of likely N-dealkylation sites (tertiary alicyclic amines) is 1. The average molecular weight is 360 g/mol.